The number of nitrogens with two attached hydrogens (primary N) is 1. The summed E-state index contributed by atoms with van der Waals surface area (Å²) in [5.41, 5.74) is 8.95. The number of hydrogen-bond donors (Lipinski definition) is 2. The predicted octanol–water partition coefficient (Wildman–Crippen LogP) is 4.77. The molecule has 0 saturated carbocycles. The zero-order valence-corrected chi connectivity index (χ0v) is 27.2. The Morgan fingerprint density at radius 2 is 1.93 bits per heavy atom. The molecule has 9 nitrogen and oxygen atoms in total. The first-order valence-corrected chi connectivity index (χ1v) is 17.6. The molecular weight excluding hydrogens is 600 g/mol. The number of thioether (sulfide) groups is 1. The summed E-state index contributed by atoms with van der Waals surface area (Å²) in [5, 5.41) is 8.29. The number of pyridine rings is 1. The molecule has 0 radical (unpaired) electrons. The van der Waals surface area contributed by atoms with Crippen LogP contribution in [0.15, 0.2) is 33.4 Å². The van der Waals surface area contributed by atoms with Crippen LogP contribution in [-0.2, 0) is 0 Å². The average Bonchev–Trinajstić information content (AvgIpc) is 3.26. The highest BCUT2D eigenvalue weighted by Crippen LogP contribution is 2.50. The minimum atomic E-state index is -0.164. The number of nitrogens with one attached hydrogen (secondary N) is 1. The van der Waals surface area contributed by atoms with E-state index in [-0.39, 0.29) is 11.7 Å². The van der Waals surface area contributed by atoms with Gasteiger partial charge in [-0.1, -0.05) is 24.9 Å². The van der Waals surface area contributed by atoms with Crippen molar-refractivity contribution in [2.24, 2.45) is 0 Å². The summed E-state index contributed by atoms with van der Waals surface area (Å²) in [6, 6.07) is 4.37. The van der Waals surface area contributed by atoms with Crippen molar-refractivity contribution in [1.29, 1.82) is 0 Å². The van der Waals surface area contributed by atoms with Crippen LogP contribution in [0.2, 0.25) is 5.02 Å². The van der Waals surface area contributed by atoms with Crippen LogP contribution in [0.25, 0.3) is 32.1 Å². The number of nitrogens with zero attached hydrogens (tertiary/aromatic N) is 6. The lowest BCUT2D eigenvalue weighted by atomic mass is 10.0. The molecule has 0 spiro atoms. The topological polar surface area (TPSA) is 95.6 Å². The fourth-order valence-electron chi connectivity index (χ4n) is 6.99. The lowest BCUT2D eigenvalue weighted by Gasteiger charge is -2.38. The van der Waals surface area contributed by atoms with Gasteiger partial charge >= 0.3 is 5.69 Å². The first-order valence-electron chi connectivity index (χ1n) is 15.4. The van der Waals surface area contributed by atoms with E-state index in [0.717, 1.165) is 120 Å². The molecule has 0 bridgehead atoms. The van der Waals surface area contributed by atoms with Gasteiger partial charge in [-0.2, -0.15) is 4.98 Å². The standard InChI is InChI=1S/C31H39ClN8OS2/c1-3-37-8-10-38(11-9-37)16-20-17-43-29-27(23-18-42-25-14-35-26(33)13-21(23)25)24(32)12-22-28(29)40(20)31(41)36-30(22)39-7-5-4-6-19(15-39)34-2/h12-14,18-20,34H,3-11,15-17H2,1-2H3,(H2,33,35)/t19?,20-/m0/s1. The molecule has 0 aliphatic carbocycles. The van der Waals surface area contributed by atoms with Crippen LogP contribution in [-0.4, -0.2) is 95.5 Å². The minimum absolute atomic E-state index is 0.0319. The van der Waals surface area contributed by atoms with Crippen LogP contribution < -0.4 is 21.6 Å². The summed E-state index contributed by atoms with van der Waals surface area (Å²) in [7, 11) is 2.02. The third-order valence-electron chi connectivity index (χ3n) is 9.39. The molecule has 3 aromatic heterocycles. The van der Waals surface area contributed by atoms with E-state index in [0.29, 0.717) is 16.9 Å². The van der Waals surface area contributed by atoms with Gasteiger partial charge in [0.05, 0.1) is 21.3 Å². The summed E-state index contributed by atoms with van der Waals surface area (Å²) >= 11 is 10.7. The monoisotopic (exact) mass is 638 g/mol. The van der Waals surface area contributed by atoms with Gasteiger partial charge in [0, 0.05) is 90.6 Å². The minimum Gasteiger partial charge on any atom is -0.384 e. The van der Waals surface area contributed by atoms with Gasteiger partial charge in [0.25, 0.3) is 0 Å². The largest absolute Gasteiger partial charge is 0.384 e. The lowest BCUT2D eigenvalue weighted by molar-refractivity contribution is 0.126. The van der Waals surface area contributed by atoms with Crippen LogP contribution in [0.4, 0.5) is 11.6 Å². The zero-order valence-electron chi connectivity index (χ0n) is 24.8. The number of nitrogen functional groups attached to an aromatic ring is 1. The van der Waals surface area contributed by atoms with Crippen molar-refractivity contribution >= 4 is 67.3 Å². The van der Waals surface area contributed by atoms with Crippen molar-refractivity contribution in [1.82, 2.24) is 29.7 Å². The van der Waals surface area contributed by atoms with Gasteiger partial charge in [-0.05, 0) is 43.9 Å². The van der Waals surface area contributed by atoms with Crippen molar-refractivity contribution in [3.05, 3.63) is 39.2 Å². The second-order valence-electron chi connectivity index (χ2n) is 11.9. The Kier molecular flexibility index (Phi) is 8.30. The summed E-state index contributed by atoms with van der Waals surface area (Å²) in [6.45, 7) is 10.0. The van der Waals surface area contributed by atoms with Crippen molar-refractivity contribution in [3.63, 3.8) is 0 Å². The summed E-state index contributed by atoms with van der Waals surface area (Å²) in [5.74, 6) is 2.04. The maximum absolute atomic E-state index is 14.2. The number of aromatic nitrogens is 3. The SMILES string of the molecule is CCN1CCN(C[C@H]2CSc3c(-c4csc5cnc(N)cc45)c(Cl)cc4c(N5CCCCC(NC)C5)nc(=O)n2c34)CC1. The van der Waals surface area contributed by atoms with Crippen molar-refractivity contribution in [2.75, 3.05) is 75.8 Å². The Labute approximate surface area is 265 Å². The van der Waals surface area contributed by atoms with E-state index in [2.05, 4.69) is 43.4 Å². The average molecular weight is 639 g/mol. The van der Waals surface area contributed by atoms with Crippen molar-refractivity contribution in [3.8, 4) is 11.1 Å². The van der Waals surface area contributed by atoms with Gasteiger partial charge < -0.3 is 20.9 Å². The van der Waals surface area contributed by atoms with E-state index in [1.165, 1.54) is 0 Å². The Morgan fingerprint density at radius 1 is 1.12 bits per heavy atom. The van der Waals surface area contributed by atoms with Crippen LogP contribution in [0.5, 0.6) is 0 Å². The molecule has 3 aliphatic rings. The maximum atomic E-state index is 14.2. The number of benzene rings is 1. The smallest absolute Gasteiger partial charge is 0.350 e. The van der Waals surface area contributed by atoms with Gasteiger partial charge in [-0.15, -0.1) is 23.1 Å². The van der Waals surface area contributed by atoms with Crippen LogP contribution in [0.3, 0.4) is 0 Å². The second-order valence-corrected chi connectivity index (χ2v) is 14.3. The Hall–Kier alpha value is -2.41. The number of rotatable bonds is 6. The lowest BCUT2D eigenvalue weighted by Crippen LogP contribution is -2.49. The molecule has 7 rings (SSSR count). The van der Waals surface area contributed by atoms with E-state index < -0.39 is 0 Å². The Bertz CT molecular complexity index is 1720. The molecule has 2 atom stereocenters. The molecule has 1 aromatic carbocycles. The maximum Gasteiger partial charge on any atom is 0.350 e. The van der Waals surface area contributed by atoms with Gasteiger partial charge in [0.15, 0.2) is 0 Å². The number of fused-ring (bicyclic) bond motifs is 1. The quantitative estimate of drug-likeness (QED) is 0.310. The number of likely N-dealkylation sites (N-methyl/N-ethyl adjacent to an activating group) is 2. The molecule has 12 heteroatoms. The number of thiophene rings is 1. The normalized spacial score (nSPS) is 22.0. The number of piperazine rings is 1. The van der Waals surface area contributed by atoms with Gasteiger partial charge in [-0.25, -0.2) is 9.78 Å². The fraction of sp³-hybridized carbons (Fsp3) is 0.516. The van der Waals surface area contributed by atoms with Gasteiger partial charge in [0.2, 0.25) is 0 Å². The van der Waals surface area contributed by atoms with Gasteiger partial charge in [0.1, 0.15) is 11.6 Å². The van der Waals surface area contributed by atoms with E-state index in [1.807, 2.05) is 35.6 Å². The van der Waals surface area contributed by atoms with E-state index in [9.17, 15) is 4.79 Å². The molecule has 0 amide bonds. The molecule has 43 heavy (non-hydrogen) atoms. The van der Waals surface area contributed by atoms with E-state index in [1.54, 1.807) is 11.3 Å². The first-order chi connectivity index (χ1) is 20.9. The third-order valence-corrected chi connectivity index (χ3v) is 11.9. The summed E-state index contributed by atoms with van der Waals surface area (Å²) < 4.78 is 3.06. The molecule has 228 valence electrons. The number of halogens is 1. The summed E-state index contributed by atoms with van der Waals surface area (Å²) in [4.78, 5) is 31.7. The van der Waals surface area contributed by atoms with Crippen LogP contribution in [0.1, 0.15) is 32.2 Å². The molecule has 1 unspecified atom stereocenters. The molecule has 4 aromatic rings. The predicted molar refractivity (Wildman–Crippen MR) is 181 cm³/mol. The highest BCUT2D eigenvalue weighted by atomic mass is 35.5. The van der Waals surface area contributed by atoms with Gasteiger partial charge in [-0.3, -0.25) is 9.47 Å². The Balaban J connectivity index is 1.41. The van der Waals surface area contributed by atoms with Crippen LogP contribution >= 0.6 is 34.7 Å². The highest BCUT2D eigenvalue weighted by Gasteiger charge is 2.33. The molecule has 3 N–H and O–H groups in total. The second kappa shape index (κ2) is 12.2. The molecule has 3 aliphatic heterocycles. The summed E-state index contributed by atoms with van der Waals surface area (Å²) in [6.07, 6.45) is 5.17. The Morgan fingerprint density at radius 3 is 2.72 bits per heavy atom. The van der Waals surface area contributed by atoms with Crippen molar-refractivity contribution in [2.45, 2.75) is 43.2 Å². The van der Waals surface area contributed by atoms with Crippen molar-refractivity contribution < 1.29 is 0 Å². The van der Waals surface area contributed by atoms with E-state index in [4.69, 9.17) is 22.3 Å². The third kappa shape index (κ3) is 5.42. The van der Waals surface area contributed by atoms with E-state index >= 15 is 0 Å². The molecule has 2 fully saturated rings. The zero-order chi connectivity index (χ0) is 29.7. The number of hydrogen-bond acceptors (Lipinski definition) is 10. The number of anilines is 2. The highest BCUT2D eigenvalue weighted by molar-refractivity contribution is 7.99. The molecule has 2 saturated heterocycles. The fourth-order valence-corrected chi connectivity index (χ4v) is 9.57. The molecular formula is C31H39ClN8OS2. The first kappa shape index (κ1) is 29.3. The molecule has 6 heterocycles. The van der Waals surface area contributed by atoms with Crippen LogP contribution in [0, 0.1) is 0 Å².